The number of β-lactam (4-membered cyclic amide) rings is 1. The van der Waals surface area contributed by atoms with Gasteiger partial charge >= 0.3 is 5.97 Å². The summed E-state index contributed by atoms with van der Waals surface area (Å²) in [5.74, 6) is -1.64. The monoisotopic (exact) mass is 550 g/mol. The number of oxime groups is 1. The summed E-state index contributed by atoms with van der Waals surface area (Å²) in [5.41, 5.74) is 6.18. The van der Waals surface area contributed by atoms with Gasteiger partial charge in [0.05, 0.1) is 6.26 Å². The van der Waals surface area contributed by atoms with Gasteiger partial charge in [0.2, 0.25) is 10.9 Å². The summed E-state index contributed by atoms with van der Waals surface area (Å²) in [4.78, 5) is 44.6. The molecule has 4 N–H and O–H groups in total. The van der Waals surface area contributed by atoms with E-state index < -0.39 is 35.4 Å². The zero-order valence-corrected chi connectivity index (χ0v) is 21.7. The van der Waals surface area contributed by atoms with Crippen molar-refractivity contribution in [3.05, 3.63) is 35.4 Å². The molecule has 3 unspecified atom stereocenters. The summed E-state index contributed by atoms with van der Waals surface area (Å²) in [7, 11) is 0. The first-order chi connectivity index (χ1) is 17.8. The second-order valence-electron chi connectivity index (χ2n) is 8.16. The van der Waals surface area contributed by atoms with Crippen LogP contribution in [0.4, 0.5) is 0 Å². The Morgan fingerprint density at radius 2 is 2.30 bits per heavy atom. The standard InChI is InChI=1S/C21H26N8O6S2/c1-3-4-8-35-25-14(13-6-5-7-34-13)17(30)23-15-18(31)28-16(20(32)33)12(9-36-19(15)28)10-37-21-24-26-27-29(21)11(2)22/h5-7,11,15,19H,3-4,8-10,22H2,1-2H3,(H,23,30)(H,32,33)/b25-14+. The van der Waals surface area contributed by atoms with Gasteiger partial charge in [-0.25, -0.2) is 9.48 Å². The van der Waals surface area contributed by atoms with Crippen LogP contribution in [0.2, 0.25) is 0 Å². The Morgan fingerprint density at radius 1 is 1.49 bits per heavy atom. The second kappa shape index (κ2) is 11.8. The molecule has 16 heteroatoms. The highest BCUT2D eigenvalue weighted by molar-refractivity contribution is 8.01. The van der Waals surface area contributed by atoms with Gasteiger partial charge in [-0.2, -0.15) is 0 Å². The number of carbonyl (C=O) groups excluding carboxylic acids is 2. The molecule has 2 amide bonds. The molecule has 2 aliphatic rings. The van der Waals surface area contributed by atoms with E-state index in [4.69, 9.17) is 15.0 Å². The molecule has 37 heavy (non-hydrogen) atoms. The lowest BCUT2D eigenvalue weighted by molar-refractivity contribution is -0.150. The summed E-state index contributed by atoms with van der Waals surface area (Å²) in [5, 5.41) is 27.7. The fraction of sp³-hybridized carbons (Fsp3) is 0.476. The van der Waals surface area contributed by atoms with Crippen molar-refractivity contribution < 1.29 is 28.7 Å². The lowest BCUT2D eigenvalue weighted by Gasteiger charge is -2.49. The number of furan rings is 1. The normalized spacial score (nSPS) is 20.4. The molecule has 1 saturated heterocycles. The maximum atomic E-state index is 13.0. The third-order valence-corrected chi connectivity index (χ3v) is 7.83. The summed E-state index contributed by atoms with van der Waals surface area (Å²) in [6, 6.07) is 2.23. The molecule has 0 radical (unpaired) electrons. The SMILES string of the molecule is CCCCO/N=C(/C(=O)NC1C(=O)N2C(C(=O)O)=C(CSc3nnnn3C(C)N)CSC12)c1ccco1. The van der Waals surface area contributed by atoms with E-state index in [2.05, 4.69) is 26.0 Å². The van der Waals surface area contributed by atoms with Crippen LogP contribution in [0.15, 0.2) is 44.4 Å². The molecule has 4 rings (SSSR count). The Kier molecular flexibility index (Phi) is 8.50. The fourth-order valence-corrected chi connectivity index (χ4v) is 6.07. The number of carboxylic acids is 1. The predicted octanol–water partition coefficient (Wildman–Crippen LogP) is 0.795. The lowest BCUT2D eigenvalue weighted by atomic mass is 10.0. The maximum Gasteiger partial charge on any atom is 0.352 e. The number of aromatic nitrogens is 4. The molecule has 4 heterocycles. The first kappa shape index (κ1) is 26.7. The molecular weight excluding hydrogens is 524 g/mol. The predicted molar refractivity (Wildman–Crippen MR) is 133 cm³/mol. The van der Waals surface area contributed by atoms with Crippen molar-refractivity contribution in [2.75, 3.05) is 18.1 Å². The Morgan fingerprint density at radius 3 is 2.97 bits per heavy atom. The van der Waals surface area contributed by atoms with Gasteiger partial charge in [0.1, 0.15) is 29.9 Å². The number of hydrogen-bond acceptors (Lipinski definition) is 12. The Bertz CT molecular complexity index is 1210. The molecule has 0 saturated carbocycles. The van der Waals surface area contributed by atoms with E-state index in [9.17, 15) is 19.5 Å². The first-order valence-corrected chi connectivity index (χ1v) is 13.5. The van der Waals surface area contributed by atoms with Gasteiger partial charge in [0, 0.05) is 11.5 Å². The molecular formula is C21H26N8O6S2. The van der Waals surface area contributed by atoms with Gasteiger partial charge in [-0.05, 0) is 41.5 Å². The zero-order chi connectivity index (χ0) is 26.5. The number of carbonyl (C=O) groups is 3. The quantitative estimate of drug-likeness (QED) is 0.111. The summed E-state index contributed by atoms with van der Waals surface area (Å²) >= 11 is 2.58. The number of rotatable bonds is 12. The number of unbranched alkanes of at least 4 members (excludes halogenated alkanes) is 1. The van der Waals surface area contributed by atoms with Gasteiger partial charge < -0.3 is 25.4 Å². The molecule has 0 bridgehead atoms. The molecule has 0 aliphatic carbocycles. The van der Waals surface area contributed by atoms with Crippen LogP contribution in [0.5, 0.6) is 0 Å². The number of thioether (sulfide) groups is 2. The van der Waals surface area contributed by atoms with E-state index in [1.165, 1.54) is 39.4 Å². The van der Waals surface area contributed by atoms with Gasteiger partial charge in [-0.1, -0.05) is 30.3 Å². The molecule has 2 aromatic rings. The number of amides is 2. The van der Waals surface area contributed by atoms with Crippen molar-refractivity contribution >= 4 is 47.0 Å². The number of carboxylic acid groups (broad SMARTS) is 1. The number of nitrogens with zero attached hydrogens (tertiary/aromatic N) is 6. The highest BCUT2D eigenvalue weighted by Gasteiger charge is 2.54. The fourth-order valence-electron chi connectivity index (χ4n) is 3.62. The number of nitrogens with one attached hydrogen (secondary N) is 1. The smallest absolute Gasteiger partial charge is 0.352 e. The highest BCUT2D eigenvalue weighted by Crippen LogP contribution is 2.41. The molecule has 2 aromatic heterocycles. The molecule has 0 spiro atoms. The van der Waals surface area contributed by atoms with E-state index >= 15 is 0 Å². The number of aliphatic carboxylic acids is 1. The largest absolute Gasteiger partial charge is 0.477 e. The van der Waals surface area contributed by atoms with Crippen molar-refractivity contribution in [2.45, 2.75) is 49.4 Å². The molecule has 2 aliphatic heterocycles. The minimum Gasteiger partial charge on any atom is -0.477 e. The molecule has 1 fully saturated rings. The minimum absolute atomic E-state index is 0.102. The summed E-state index contributed by atoms with van der Waals surface area (Å²) < 4.78 is 6.73. The zero-order valence-electron chi connectivity index (χ0n) is 20.1. The van der Waals surface area contributed by atoms with E-state index in [1.54, 1.807) is 19.1 Å². The number of fused-ring (bicyclic) bond motifs is 1. The second-order valence-corrected chi connectivity index (χ2v) is 10.2. The van der Waals surface area contributed by atoms with E-state index in [0.29, 0.717) is 23.1 Å². The van der Waals surface area contributed by atoms with Crippen LogP contribution >= 0.6 is 23.5 Å². The minimum atomic E-state index is -1.23. The third-order valence-electron chi connectivity index (χ3n) is 5.47. The van der Waals surface area contributed by atoms with E-state index in [1.807, 2.05) is 6.92 Å². The van der Waals surface area contributed by atoms with E-state index in [0.717, 1.165) is 12.8 Å². The van der Waals surface area contributed by atoms with Crippen molar-refractivity contribution in [3.8, 4) is 0 Å². The molecule has 198 valence electrons. The van der Waals surface area contributed by atoms with Crippen LogP contribution in [0.3, 0.4) is 0 Å². The molecule has 0 aromatic carbocycles. The lowest BCUT2D eigenvalue weighted by Crippen LogP contribution is -2.71. The van der Waals surface area contributed by atoms with Gasteiger partial charge in [-0.3, -0.25) is 14.5 Å². The van der Waals surface area contributed by atoms with Crippen LogP contribution < -0.4 is 11.1 Å². The number of hydrogen-bond donors (Lipinski definition) is 3. The Hall–Kier alpha value is -3.37. The average molecular weight is 551 g/mol. The summed E-state index contributed by atoms with van der Waals surface area (Å²) in [6.07, 6.45) is 2.60. The van der Waals surface area contributed by atoms with Crippen molar-refractivity contribution in [1.29, 1.82) is 0 Å². The number of tetrazole rings is 1. The number of nitrogens with two attached hydrogens (primary N) is 1. The topological polar surface area (TPSA) is 191 Å². The third kappa shape index (κ3) is 5.65. The molecule has 3 atom stereocenters. The highest BCUT2D eigenvalue weighted by atomic mass is 32.2. The van der Waals surface area contributed by atoms with Crippen LogP contribution in [0, 0.1) is 0 Å². The van der Waals surface area contributed by atoms with Crippen molar-refractivity contribution in [1.82, 2.24) is 30.4 Å². The Balaban J connectivity index is 1.47. The van der Waals surface area contributed by atoms with Crippen LogP contribution in [0.1, 0.15) is 38.6 Å². The summed E-state index contributed by atoms with van der Waals surface area (Å²) in [6.45, 7) is 4.04. The van der Waals surface area contributed by atoms with Crippen molar-refractivity contribution in [3.63, 3.8) is 0 Å². The van der Waals surface area contributed by atoms with Crippen LogP contribution in [-0.4, -0.2) is 83.2 Å². The Labute approximate surface area is 220 Å². The van der Waals surface area contributed by atoms with Crippen LogP contribution in [0.25, 0.3) is 0 Å². The van der Waals surface area contributed by atoms with Crippen molar-refractivity contribution in [2.24, 2.45) is 10.9 Å². The maximum absolute atomic E-state index is 13.0. The molecule has 14 nitrogen and oxygen atoms in total. The average Bonchev–Trinajstić information content (AvgIpc) is 3.57. The van der Waals surface area contributed by atoms with E-state index in [-0.39, 0.29) is 22.9 Å². The van der Waals surface area contributed by atoms with Crippen LogP contribution in [-0.2, 0) is 19.2 Å². The van der Waals surface area contributed by atoms with Gasteiger partial charge in [0.15, 0.2) is 5.76 Å². The van der Waals surface area contributed by atoms with Gasteiger partial charge in [-0.15, -0.1) is 16.9 Å². The van der Waals surface area contributed by atoms with Gasteiger partial charge in [0.25, 0.3) is 11.8 Å². The first-order valence-electron chi connectivity index (χ1n) is 11.4.